The molecule has 0 bridgehead atoms. The van der Waals surface area contributed by atoms with Gasteiger partial charge in [-0.1, -0.05) is 20.4 Å². The van der Waals surface area contributed by atoms with E-state index in [1.54, 1.807) is 0 Å². The Morgan fingerprint density at radius 2 is 2.27 bits per heavy atom. The van der Waals surface area contributed by atoms with Crippen molar-refractivity contribution in [3.05, 3.63) is 12.2 Å². The smallest absolute Gasteiger partial charge is 0.159 e. The molecule has 0 aromatic carbocycles. The van der Waals surface area contributed by atoms with E-state index >= 15 is 0 Å². The molecule has 0 amide bonds. The molecule has 2 atom stereocenters. The van der Waals surface area contributed by atoms with Gasteiger partial charge in [-0.3, -0.25) is 4.79 Å². The first-order valence-electron chi connectivity index (χ1n) is 4.30. The number of ketones is 1. The maximum absolute atomic E-state index is 11.2. The summed E-state index contributed by atoms with van der Waals surface area (Å²) in [5.74, 6) is 1.51. The van der Waals surface area contributed by atoms with Crippen molar-refractivity contribution in [2.45, 2.75) is 26.7 Å². The molecule has 0 heterocycles. The van der Waals surface area contributed by atoms with E-state index in [2.05, 4.69) is 20.4 Å². The van der Waals surface area contributed by atoms with Crippen LogP contribution in [0.4, 0.5) is 0 Å². The second-order valence-corrected chi connectivity index (χ2v) is 4.27. The Labute approximate surface area is 67.5 Å². The molecule has 0 aromatic rings. The van der Waals surface area contributed by atoms with Crippen LogP contribution in [-0.2, 0) is 4.79 Å². The van der Waals surface area contributed by atoms with Crippen molar-refractivity contribution in [1.82, 2.24) is 0 Å². The zero-order chi connectivity index (χ0) is 8.22. The van der Waals surface area contributed by atoms with E-state index in [9.17, 15) is 4.79 Å². The number of Topliss-reactive ketones (excluding diaryl/α,β-unsaturated/α-hetero) is 1. The SMILES string of the molecule is C=C1C(=O)C[C@]2(C(C)C)CC12. The lowest BCUT2D eigenvalue weighted by Crippen LogP contribution is -2.10. The summed E-state index contributed by atoms with van der Waals surface area (Å²) in [7, 11) is 0. The van der Waals surface area contributed by atoms with Crippen LogP contribution in [-0.4, -0.2) is 5.78 Å². The molecular formula is C10H14O. The lowest BCUT2D eigenvalue weighted by Gasteiger charge is -2.14. The van der Waals surface area contributed by atoms with E-state index in [4.69, 9.17) is 0 Å². The third kappa shape index (κ3) is 0.688. The monoisotopic (exact) mass is 150 g/mol. The van der Waals surface area contributed by atoms with Crippen molar-refractivity contribution in [2.75, 3.05) is 0 Å². The zero-order valence-electron chi connectivity index (χ0n) is 7.18. The van der Waals surface area contributed by atoms with Gasteiger partial charge >= 0.3 is 0 Å². The van der Waals surface area contributed by atoms with Gasteiger partial charge in [-0.15, -0.1) is 0 Å². The Kier molecular flexibility index (Phi) is 1.14. The van der Waals surface area contributed by atoms with Gasteiger partial charge in [0.2, 0.25) is 0 Å². The largest absolute Gasteiger partial charge is 0.295 e. The number of fused-ring (bicyclic) bond motifs is 1. The summed E-state index contributed by atoms with van der Waals surface area (Å²) >= 11 is 0. The first kappa shape index (κ1) is 7.08. The van der Waals surface area contributed by atoms with Crippen molar-refractivity contribution in [3.8, 4) is 0 Å². The van der Waals surface area contributed by atoms with Crippen LogP contribution in [0.2, 0.25) is 0 Å². The molecule has 2 fully saturated rings. The van der Waals surface area contributed by atoms with Gasteiger partial charge in [-0.05, 0) is 29.2 Å². The third-order valence-electron chi connectivity index (χ3n) is 3.54. The van der Waals surface area contributed by atoms with Gasteiger partial charge in [0, 0.05) is 6.42 Å². The van der Waals surface area contributed by atoms with Gasteiger partial charge in [-0.25, -0.2) is 0 Å². The standard InChI is InChI=1S/C10H14O/c1-6(2)10-4-8(10)7(3)9(11)5-10/h6,8H,3-5H2,1-2H3/t8?,10-/m0/s1. The summed E-state index contributed by atoms with van der Waals surface area (Å²) < 4.78 is 0. The van der Waals surface area contributed by atoms with Crippen LogP contribution in [0.1, 0.15) is 26.7 Å². The summed E-state index contributed by atoms with van der Waals surface area (Å²) in [5.41, 5.74) is 1.26. The Morgan fingerprint density at radius 3 is 2.55 bits per heavy atom. The normalized spacial score (nSPS) is 41.5. The fraction of sp³-hybridized carbons (Fsp3) is 0.700. The quantitative estimate of drug-likeness (QED) is 0.523. The van der Waals surface area contributed by atoms with Crippen LogP contribution in [0, 0.1) is 17.3 Å². The number of carbonyl (C=O) groups is 1. The second kappa shape index (κ2) is 1.77. The summed E-state index contributed by atoms with van der Waals surface area (Å²) in [6.45, 7) is 8.26. The molecule has 2 saturated carbocycles. The number of hydrogen-bond donors (Lipinski definition) is 0. The highest BCUT2D eigenvalue weighted by Gasteiger charge is 2.63. The summed E-state index contributed by atoms with van der Waals surface area (Å²) in [4.78, 5) is 11.2. The molecule has 2 rings (SSSR count). The van der Waals surface area contributed by atoms with Gasteiger partial charge in [0.1, 0.15) is 0 Å². The summed E-state index contributed by atoms with van der Waals surface area (Å²) in [5, 5.41) is 0. The molecule has 60 valence electrons. The van der Waals surface area contributed by atoms with Gasteiger partial charge in [-0.2, -0.15) is 0 Å². The number of hydrogen-bond acceptors (Lipinski definition) is 1. The maximum atomic E-state index is 11.2. The molecule has 0 N–H and O–H groups in total. The molecule has 0 spiro atoms. The molecular weight excluding hydrogens is 136 g/mol. The summed E-state index contributed by atoms with van der Waals surface area (Å²) in [6.07, 6.45) is 1.99. The number of rotatable bonds is 1. The van der Waals surface area contributed by atoms with Gasteiger partial charge in [0.25, 0.3) is 0 Å². The molecule has 0 aromatic heterocycles. The predicted octanol–water partition coefficient (Wildman–Crippen LogP) is 2.18. The van der Waals surface area contributed by atoms with Crippen LogP contribution in [0.15, 0.2) is 12.2 Å². The Bertz CT molecular complexity index is 239. The van der Waals surface area contributed by atoms with Crippen molar-refractivity contribution in [1.29, 1.82) is 0 Å². The third-order valence-corrected chi connectivity index (χ3v) is 3.54. The Morgan fingerprint density at radius 1 is 1.64 bits per heavy atom. The van der Waals surface area contributed by atoms with E-state index in [1.807, 2.05) is 0 Å². The average molecular weight is 150 g/mol. The van der Waals surface area contributed by atoms with Gasteiger partial charge in [0.15, 0.2) is 5.78 Å². The van der Waals surface area contributed by atoms with Crippen LogP contribution >= 0.6 is 0 Å². The maximum Gasteiger partial charge on any atom is 0.159 e. The highest BCUT2D eigenvalue weighted by Crippen LogP contribution is 2.67. The minimum atomic E-state index is 0.315. The molecule has 1 heteroatoms. The first-order chi connectivity index (χ1) is 5.08. The number of allylic oxidation sites excluding steroid dienone is 1. The fourth-order valence-corrected chi connectivity index (χ4v) is 2.44. The lowest BCUT2D eigenvalue weighted by atomic mass is 9.90. The summed E-state index contributed by atoms with van der Waals surface area (Å²) in [6, 6.07) is 0. The first-order valence-corrected chi connectivity index (χ1v) is 4.30. The molecule has 0 saturated heterocycles. The zero-order valence-corrected chi connectivity index (χ0v) is 7.18. The van der Waals surface area contributed by atoms with E-state index in [0.717, 1.165) is 12.0 Å². The Hall–Kier alpha value is -0.590. The van der Waals surface area contributed by atoms with Crippen LogP contribution in [0.3, 0.4) is 0 Å². The van der Waals surface area contributed by atoms with E-state index in [-0.39, 0.29) is 0 Å². The van der Waals surface area contributed by atoms with Crippen LogP contribution < -0.4 is 0 Å². The van der Waals surface area contributed by atoms with Crippen LogP contribution in [0.25, 0.3) is 0 Å². The van der Waals surface area contributed by atoms with Crippen molar-refractivity contribution in [2.24, 2.45) is 17.3 Å². The van der Waals surface area contributed by atoms with Crippen molar-refractivity contribution >= 4 is 5.78 Å². The van der Waals surface area contributed by atoms with Crippen molar-refractivity contribution in [3.63, 3.8) is 0 Å². The van der Waals surface area contributed by atoms with E-state index in [1.165, 1.54) is 6.42 Å². The van der Waals surface area contributed by atoms with Crippen molar-refractivity contribution < 1.29 is 4.79 Å². The number of carbonyl (C=O) groups excluding carboxylic acids is 1. The minimum Gasteiger partial charge on any atom is -0.295 e. The van der Waals surface area contributed by atoms with Crippen LogP contribution in [0.5, 0.6) is 0 Å². The molecule has 2 aliphatic rings. The topological polar surface area (TPSA) is 17.1 Å². The molecule has 0 aliphatic heterocycles. The second-order valence-electron chi connectivity index (χ2n) is 4.27. The highest BCUT2D eigenvalue weighted by molar-refractivity contribution is 6.00. The Balaban J connectivity index is 2.26. The average Bonchev–Trinajstić information content (AvgIpc) is 2.57. The highest BCUT2D eigenvalue weighted by atomic mass is 16.1. The van der Waals surface area contributed by atoms with E-state index < -0.39 is 0 Å². The lowest BCUT2D eigenvalue weighted by molar-refractivity contribution is -0.115. The minimum absolute atomic E-state index is 0.315. The van der Waals surface area contributed by atoms with E-state index in [0.29, 0.717) is 23.0 Å². The fourth-order valence-electron chi connectivity index (χ4n) is 2.44. The molecule has 11 heavy (non-hydrogen) atoms. The van der Waals surface area contributed by atoms with Gasteiger partial charge < -0.3 is 0 Å². The predicted molar refractivity (Wildman–Crippen MR) is 44.1 cm³/mol. The molecule has 1 nitrogen and oxygen atoms in total. The molecule has 0 radical (unpaired) electrons. The molecule has 2 aliphatic carbocycles. The molecule has 1 unspecified atom stereocenters. The van der Waals surface area contributed by atoms with Gasteiger partial charge in [0.05, 0.1) is 0 Å².